The molecular weight excluding hydrogens is 470 g/mol. The van der Waals surface area contributed by atoms with Crippen LogP contribution in [0.1, 0.15) is 29.5 Å². The molecule has 2 fully saturated rings. The number of anilines is 2. The zero-order valence-corrected chi connectivity index (χ0v) is 19.5. The predicted molar refractivity (Wildman–Crippen MR) is 136 cm³/mol. The number of imide groups is 1. The topological polar surface area (TPSA) is 149 Å². The van der Waals surface area contributed by atoms with E-state index in [1.165, 1.54) is 6.08 Å². The highest BCUT2D eigenvalue weighted by atomic mass is 16.2. The van der Waals surface area contributed by atoms with Crippen LogP contribution < -0.4 is 21.3 Å². The van der Waals surface area contributed by atoms with Crippen LogP contribution in [0, 0.1) is 11.3 Å². The van der Waals surface area contributed by atoms with Gasteiger partial charge in [-0.1, -0.05) is 36.4 Å². The first-order valence-corrected chi connectivity index (χ1v) is 11.8. The van der Waals surface area contributed by atoms with E-state index >= 15 is 0 Å². The van der Waals surface area contributed by atoms with Gasteiger partial charge in [-0.3, -0.25) is 10.1 Å². The summed E-state index contributed by atoms with van der Waals surface area (Å²) < 4.78 is 1.59. The molecule has 3 heterocycles. The van der Waals surface area contributed by atoms with E-state index in [0.717, 1.165) is 29.5 Å². The summed E-state index contributed by atoms with van der Waals surface area (Å²) in [6, 6.07) is 17.4. The first-order valence-electron chi connectivity index (χ1n) is 11.8. The summed E-state index contributed by atoms with van der Waals surface area (Å²) in [6.45, 7) is 0.440. The SMILES string of the molecule is N#Cc1cccc(-c2ccccc2CNc2nc(NC3CC3)n3ncc(/C=C4\NC(=O)NC4=O)c3n2)c1. The Morgan fingerprint density at radius 3 is 2.76 bits per heavy atom. The fraction of sp³-hybridized carbons (Fsp3) is 0.154. The highest BCUT2D eigenvalue weighted by molar-refractivity contribution is 6.14. The summed E-state index contributed by atoms with van der Waals surface area (Å²) in [6.07, 6.45) is 5.22. The average Bonchev–Trinajstić information content (AvgIpc) is 3.55. The molecule has 0 bridgehead atoms. The zero-order chi connectivity index (χ0) is 25.4. The minimum absolute atomic E-state index is 0.123. The molecule has 1 aliphatic carbocycles. The number of nitriles is 1. The van der Waals surface area contributed by atoms with E-state index in [1.807, 2.05) is 42.5 Å². The normalized spacial score (nSPS) is 15.9. The molecule has 2 aromatic heterocycles. The molecule has 11 nitrogen and oxygen atoms in total. The van der Waals surface area contributed by atoms with Crippen molar-refractivity contribution < 1.29 is 9.59 Å². The molecule has 1 aliphatic heterocycles. The zero-order valence-electron chi connectivity index (χ0n) is 19.5. The summed E-state index contributed by atoms with van der Waals surface area (Å²) in [5, 5.41) is 25.1. The van der Waals surface area contributed by atoms with Crippen molar-refractivity contribution in [3.63, 3.8) is 0 Å². The Bertz CT molecular complexity index is 1630. The number of carbonyl (C=O) groups is 2. The molecular formula is C26H21N9O2. The number of carbonyl (C=O) groups excluding carboxylic acids is 2. The van der Waals surface area contributed by atoms with E-state index in [9.17, 15) is 14.9 Å². The molecule has 11 heteroatoms. The Hall–Kier alpha value is -5.24. The van der Waals surface area contributed by atoms with Crippen molar-refractivity contribution in [3.05, 3.63) is 77.1 Å². The quantitative estimate of drug-likeness (QED) is 0.228. The molecule has 0 atom stereocenters. The summed E-state index contributed by atoms with van der Waals surface area (Å²) in [7, 11) is 0. The maximum atomic E-state index is 12.0. The summed E-state index contributed by atoms with van der Waals surface area (Å²) in [4.78, 5) is 32.8. The monoisotopic (exact) mass is 491 g/mol. The van der Waals surface area contributed by atoms with Crippen LogP contribution in [-0.2, 0) is 11.3 Å². The Morgan fingerprint density at radius 2 is 1.97 bits per heavy atom. The lowest BCUT2D eigenvalue weighted by Crippen LogP contribution is -2.22. The molecule has 4 aromatic rings. The van der Waals surface area contributed by atoms with Gasteiger partial charge in [0.15, 0.2) is 5.65 Å². The van der Waals surface area contributed by atoms with E-state index in [0.29, 0.717) is 41.3 Å². The third-order valence-electron chi connectivity index (χ3n) is 6.08. The molecule has 2 aromatic carbocycles. The lowest BCUT2D eigenvalue weighted by atomic mass is 9.98. The first-order chi connectivity index (χ1) is 18.1. The van der Waals surface area contributed by atoms with Crippen molar-refractivity contribution in [1.82, 2.24) is 30.2 Å². The van der Waals surface area contributed by atoms with Crippen LogP contribution in [0.4, 0.5) is 16.7 Å². The molecule has 3 amide bonds. The number of nitrogens with zero attached hydrogens (tertiary/aromatic N) is 5. The van der Waals surface area contributed by atoms with E-state index < -0.39 is 11.9 Å². The van der Waals surface area contributed by atoms with Gasteiger partial charge < -0.3 is 16.0 Å². The second-order valence-corrected chi connectivity index (χ2v) is 8.79. The molecule has 1 saturated carbocycles. The van der Waals surface area contributed by atoms with Crippen LogP contribution in [0.5, 0.6) is 0 Å². The highest BCUT2D eigenvalue weighted by Gasteiger charge is 2.26. The molecule has 0 unspecified atom stereocenters. The Balaban J connectivity index is 1.34. The van der Waals surface area contributed by atoms with Crippen molar-refractivity contribution in [2.24, 2.45) is 0 Å². The van der Waals surface area contributed by atoms with Gasteiger partial charge in [-0.15, -0.1) is 0 Å². The van der Waals surface area contributed by atoms with Gasteiger partial charge in [-0.2, -0.15) is 24.8 Å². The third kappa shape index (κ3) is 4.55. The fourth-order valence-electron chi connectivity index (χ4n) is 4.10. The predicted octanol–water partition coefficient (Wildman–Crippen LogP) is 3.03. The fourth-order valence-corrected chi connectivity index (χ4v) is 4.10. The van der Waals surface area contributed by atoms with Crippen LogP contribution in [0.2, 0.25) is 0 Å². The first kappa shape index (κ1) is 22.2. The summed E-state index contributed by atoms with van der Waals surface area (Å²) >= 11 is 0. The smallest absolute Gasteiger partial charge is 0.326 e. The van der Waals surface area contributed by atoms with Gasteiger partial charge in [0.1, 0.15) is 5.70 Å². The summed E-state index contributed by atoms with van der Waals surface area (Å²) in [5.41, 5.74) is 4.73. The van der Waals surface area contributed by atoms with Crippen LogP contribution in [-0.4, -0.2) is 37.6 Å². The van der Waals surface area contributed by atoms with Crippen molar-refractivity contribution in [3.8, 4) is 17.2 Å². The number of hydrogen-bond acceptors (Lipinski definition) is 8. The maximum Gasteiger partial charge on any atom is 0.326 e. The van der Waals surface area contributed by atoms with Crippen LogP contribution in [0.15, 0.2) is 60.4 Å². The van der Waals surface area contributed by atoms with Crippen molar-refractivity contribution in [2.75, 3.05) is 10.6 Å². The van der Waals surface area contributed by atoms with E-state index in [-0.39, 0.29) is 5.70 Å². The third-order valence-corrected chi connectivity index (χ3v) is 6.08. The number of hydrogen-bond donors (Lipinski definition) is 4. The Labute approximate surface area is 211 Å². The Morgan fingerprint density at radius 1 is 1.11 bits per heavy atom. The molecule has 6 rings (SSSR count). The van der Waals surface area contributed by atoms with Gasteiger partial charge in [0, 0.05) is 18.2 Å². The van der Waals surface area contributed by atoms with Crippen LogP contribution >= 0.6 is 0 Å². The van der Waals surface area contributed by atoms with Crippen LogP contribution in [0.25, 0.3) is 22.9 Å². The molecule has 0 spiro atoms. The van der Waals surface area contributed by atoms with Gasteiger partial charge in [-0.05, 0) is 47.7 Å². The van der Waals surface area contributed by atoms with Crippen LogP contribution in [0.3, 0.4) is 0 Å². The van der Waals surface area contributed by atoms with Gasteiger partial charge in [0.25, 0.3) is 5.91 Å². The molecule has 1 saturated heterocycles. The number of fused-ring (bicyclic) bond motifs is 1. The largest absolute Gasteiger partial charge is 0.351 e. The molecule has 0 radical (unpaired) electrons. The molecule has 4 N–H and O–H groups in total. The van der Waals surface area contributed by atoms with E-state index in [2.05, 4.69) is 42.4 Å². The molecule has 37 heavy (non-hydrogen) atoms. The Kier molecular flexibility index (Phi) is 5.46. The van der Waals surface area contributed by atoms with Gasteiger partial charge >= 0.3 is 6.03 Å². The summed E-state index contributed by atoms with van der Waals surface area (Å²) in [5.74, 6) is 0.413. The maximum absolute atomic E-state index is 12.0. The lowest BCUT2D eigenvalue weighted by Gasteiger charge is -2.13. The molecule has 182 valence electrons. The van der Waals surface area contributed by atoms with Crippen molar-refractivity contribution in [1.29, 1.82) is 5.26 Å². The van der Waals surface area contributed by atoms with Gasteiger partial charge in [0.05, 0.1) is 17.8 Å². The van der Waals surface area contributed by atoms with Crippen molar-refractivity contribution >= 4 is 35.6 Å². The number of rotatable bonds is 7. The average molecular weight is 492 g/mol. The lowest BCUT2D eigenvalue weighted by molar-refractivity contribution is -0.115. The number of amides is 3. The number of benzene rings is 2. The standard InChI is InChI=1S/C26H21N9O2/c27-12-15-4-3-6-16(10-15)20-7-2-1-5-17(20)13-28-24-32-22-18(11-21-23(36)33-26(37)31-21)14-29-35(22)25(34-24)30-19-8-9-19/h1-7,10-11,14,19H,8-9,13H2,(H2,28,30,32,34)(H2,31,33,36,37)/b21-11-. The van der Waals surface area contributed by atoms with E-state index in [4.69, 9.17) is 0 Å². The second kappa shape index (κ2) is 9.09. The molecule has 2 aliphatic rings. The minimum Gasteiger partial charge on any atom is -0.351 e. The highest BCUT2D eigenvalue weighted by Crippen LogP contribution is 2.27. The second-order valence-electron chi connectivity index (χ2n) is 8.79. The van der Waals surface area contributed by atoms with Gasteiger partial charge in [-0.25, -0.2) is 4.79 Å². The number of aromatic nitrogens is 4. The van der Waals surface area contributed by atoms with Gasteiger partial charge in [0.2, 0.25) is 11.9 Å². The van der Waals surface area contributed by atoms with Crippen molar-refractivity contribution in [2.45, 2.75) is 25.4 Å². The minimum atomic E-state index is -0.570. The number of urea groups is 1. The number of nitrogens with one attached hydrogen (secondary N) is 4. The van der Waals surface area contributed by atoms with E-state index in [1.54, 1.807) is 16.8 Å².